The standard InChI is InChI=1S/C21H32N4O2.HI/c1-2-22-21(24-15-19-9-6-12-27-19)23-14-18-13-20(26)25(16-18)11-10-17-7-4-3-5-8-17;/h3-5,7-8,18-19H,2,6,9-16H2,1H3,(H2,22,23,24);1H. The van der Waals surface area contributed by atoms with Gasteiger partial charge in [0.1, 0.15) is 0 Å². The van der Waals surface area contributed by atoms with Gasteiger partial charge in [-0.2, -0.15) is 0 Å². The molecule has 2 saturated heterocycles. The highest BCUT2D eigenvalue weighted by Gasteiger charge is 2.29. The Morgan fingerprint density at radius 1 is 1.29 bits per heavy atom. The van der Waals surface area contributed by atoms with Gasteiger partial charge >= 0.3 is 0 Å². The Balaban J connectivity index is 0.00000280. The maximum atomic E-state index is 12.3. The minimum Gasteiger partial charge on any atom is -0.376 e. The van der Waals surface area contributed by atoms with E-state index in [1.54, 1.807) is 0 Å². The number of hydrogen-bond acceptors (Lipinski definition) is 3. The van der Waals surface area contributed by atoms with Crippen molar-refractivity contribution in [3.05, 3.63) is 35.9 Å². The van der Waals surface area contributed by atoms with E-state index in [-0.39, 0.29) is 36.0 Å². The Bertz CT molecular complexity index is 620. The van der Waals surface area contributed by atoms with E-state index in [1.807, 2.05) is 23.1 Å². The van der Waals surface area contributed by atoms with Crippen LogP contribution in [-0.4, -0.2) is 62.2 Å². The fourth-order valence-corrected chi connectivity index (χ4v) is 3.68. The molecule has 0 radical (unpaired) electrons. The van der Waals surface area contributed by atoms with Crippen LogP contribution in [0.1, 0.15) is 31.7 Å². The Hall–Kier alpha value is -1.35. The number of rotatable bonds is 8. The van der Waals surface area contributed by atoms with Crippen LogP contribution in [0, 0.1) is 5.92 Å². The lowest BCUT2D eigenvalue weighted by Gasteiger charge is -2.17. The zero-order valence-corrected chi connectivity index (χ0v) is 19.1. The summed E-state index contributed by atoms with van der Waals surface area (Å²) in [6, 6.07) is 10.3. The van der Waals surface area contributed by atoms with E-state index in [9.17, 15) is 4.79 Å². The maximum Gasteiger partial charge on any atom is 0.223 e. The fourth-order valence-electron chi connectivity index (χ4n) is 3.68. The first kappa shape index (κ1) is 22.9. The SMILES string of the molecule is CCNC(=NCC1CC(=O)N(CCc2ccccc2)C1)NCC1CCCO1.I. The van der Waals surface area contributed by atoms with Crippen LogP contribution in [-0.2, 0) is 16.0 Å². The largest absolute Gasteiger partial charge is 0.376 e. The lowest BCUT2D eigenvalue weighted by Crippen LogP contribution is -2.41. The molecule has 0 aromatic heterocycles. The molecular weight excluding hydrogens is 467 g/mol. The predicted octanol–water partition coefficient (Wildman–Crippen LogP) is 2.43. The maximum absolute atomic E-state index is 12.3. The Morgan fingerprint density at radius 3 is 2.82 bits per heavy atom. The molecule has 0 saturated carbocycles. The number of carbonyl (C=O) groups is 1. The number of aliphatic imine (C=N–C) groups is 1. The Labute approximate surface area is 185 Å². The van der Waals surface area contributed by atoms with E-state index in [2.05, 4.69) is 29.7 Å². The molecule has 0 aliphatic carbocycles. The molecule has 3 rings (SSSR count). The molecule has 0 spiro atoms. The van der Waals surface area contributed by atoms with Gasteiger partial charge in [0.2, 0.25) is 5.91 Å². The van der Waals surface area contributed by atoms with Crippen LogP contribution in [0.2, 0.25) is 0 Å². The summed E-state index contributed by atoms with van der Waals surface area (Å²) in [5, 5.41) is 6.66. The third-order valence-corrected chi connectivity index (χ3v) is 5.18. The lowest BCUT2D eigenvalue weighted by atomic mass is 10.1. The summed E-state index contributed by atoms with van der Waals surface area (Å²) >= 11 is 0. The van der Waals surface area contributed by atoms with Crippen molar-refractivity contribution in [1.82, 2.24) is 15.5 Å². The molecule has 6 nitrogen and oxygen atoms in total. The summed E-state index contributed by atoms with van der Waals surface area (Å²) in [6.45, 7) is 6.81. The minimum atomic E-state index is 0. The molecule has 2 fully saturated rings. The van der Waals surface area contributed by atoms with E-state index in [0.717, 1.165) is 58.0 Å². The van der Waals surface area contributed by atoms with Crippen LogP contribution in [0.5, 0.6) is 0 Å². The summed E-state index contributed by atoms with van der Waals surface area (Å²) in [5.74, 6) is 1.37. The zero-order valence-electron chi connectivity index (χ0n) is 16.7. The number of halogens is 1. The van der Waals surface area contributed by atoms with Crippen molar-refractivity contribution in [3.8, 4) is 0 Å². The zero-order chi connectivity index (χ0) is 18.9. The van der Waals surface area contributed by atoms with Crippen molar-refractivity contribution in [1.29, 1.82) is 0 Å². The first-order valence-electron chi connectivity index (χ1n) is 10.2. The number of nitrogens with one attached hydrogen (secondary N) is 2. The molecule has 2 heterocycles. The molecule has 2 aliphatic heterocycles. The van der Waals surface area contributed by atoms with Gasteiger partial charge in [-0.1, -0.05) is 30.3 Å². The molecule has 2 N–H and O–H groups in total. The van der Waals surface area contributed by atoms with Crippen LogP contribution in [0.25, 0.3) is 0 Å². The van der Waals surface area contributed by atoms with Gasteiger partial charge < -0.3 is 20.3 Å². The smallest absolute Gasteiger partial charge is 0.223 e. The van der Waals surface area contributed by atoms with Crippen LogP contribution < -0.4 is 10.6 Å². The minimum absolute atomic E-state index is 0. The number of carbonyl (C=O) groups excluding carboxylic acids is 1. The molecule has 28 heavy (non-hydrogen) atoms. The molecule has 0 bridgehead atoms. The summed E-state index contributed by atoms with van der Waals surface area (Å²) in [6.07, 6.45) is 4.05. The molecule has 1 aromatic carbocycles. The number of guanidine groups is 1. The summed E-state index contributed by atoms with van der Waals surface area (Å²) < 4.78 is 5.65. The van der Waals surface area contributed by atoms with Gasteiger partial charge in [0, 0.05) is 51.7 Å². The van der Waals surface area contributed by atoms with Crippen molar-refractivity contribution < 1.29 is 9.53 Å². The van der Waals surface area contributed by atoms with Crippen molar-refractivity contribution >= 4 is 35.8 Å². The quantitative estimate of drug-likeness (QED) is 0.327. The average molecular weight is 500 g/mol. The van der Waals surface area contributed by atoms with E-state index in [0.29, 0.717) is 18.9 Å². The molecular formula is C21H33IN4O2. The van der Waals surface area contributed by atoms with Gasteiger partial charge in [0.25, 0.3) is 0 Å². The third-order valence-electron chi connectivity index (χ3n) is 5.18. The number of ether oxygens (including phenoxy) is 1. The highest BCUT2D eigenvalue weighted by molar-refractivity contribution is 14.0. The normalized spacial score (nSPS) is 22.2. The van der Waals surface area contributed by atoms with Crippen LogP contribution in [0.15, 0.2) is 35.3 Å². The molecule has 156 valence electrons. The van der Waals surface area contributed by atoms with Crippen LogP contribution in [0.4, 0.5) is 0 Å². The molecule has 2 atom stereocenters. The van der Waals surface area contributed by atoms with E-state index in [1.165, 1.54) is 5.56 Å². The number of hydrogen-bond donors (Lipinski definition) is 2. The second-order valence-corrected chi connectivity index (χ2v) is 7.38. The molecule has 1 aromatic rings. The highest BCUT2D eigenvalue weighted by Crippen LogP contribution is 2.18. The molecule has 2 unspecified atom stereocenters. The van der Waals surface area contributed by atoms with Crippen molar-refractivity contribution in [2.75, 3.05) is 39.3 Å². The number of likely N-dealkylation sites (tertiary alicyclic amines) is 1. The van der Waals surface area contributed by atoms with Gasteiger partial charge in [-0.25, -0.2) is 0 Å². The predicted molar refractivity (Wildman–Crippen MR) is 123 cm³/mol. The molecule has 2 aliphatic rings. The highest BCUT2D eigenvalue weighted by atomic mass is 127. The van der Waals surface area contributed by atoms with Gasteiger partial charge in [-0.05, 0) is 31.7 Å². The first-order chi connectivity index (χ1) is 13.2. The second kappa shape index (κ2) is 12.3. The van der Waals surface area contributed by atoms with Crippen LogP contribution in [0.3, 0.4) is 0 Å². The lowest BCUT2D eigenvalue weighted by molar-refractivity contribution is -0.127. The number of nitrogens with zero attached hydrogens (tertiary/aromatic N) is 2. The number of amides is 1. The summed E-state index contributed by atoms with van der Waals surface area (Å²) in [5.41, 5.74) is 1.28. The monoisotopic (exact) mass is 500 g/mol. The number of benzene rings is 1. The molecule has 7 heteroatoms. The second-order valence-electron chi connectivity index (χ2n) is 7.38. The third kappa shape index (κ3) is 7.24. The van der Waals surface area contributed by atoms with E-state index in [4.69, 9.17) is 9.73 Å². The van der Waals surface area contributed by atoms with Gasteiger partial charge in [-0.15, -0.1) is 24.0 Å². The Kier molecular flexibility index (Phi) is 10.0. The van der Waals surface area contributed by atoms with Crippen molar-refractivity contribution in [3.63, 3.8) is 0 Å². The fraction of sp³-hybridized carbons (Fsp3) is 0.619. The molecule has 1 amide bonds. The average Bonchev–Trinajstić information content (AvgIpc) is 3.33. The van der Waals surface area contributed by atoms with Gasteiger partial charge in [-0.3, -0.25) is 9.79 Å². The summed E-state index contributed by atoms with van der Waals surface area (Å²) in [7, 11) is 0. The van der Waals surface area contributed by atoms with Gasteiger partial charge in [0.05, 0.1) is 6.10 Å². The van der Waals surface area contributed by atoms with Crippen molar-refractivity contribution in [2.24, 2.45) is 10.9 Å². The van der Waals surface area contributed by atoms with Crippen LogP contribution >= 0.6 is 24.0 Å². The van der Waals surface area contributed by atoms with Gasteiger partial charge in [0.15, 0.2) is 5.96 Å². The Morgan fingerprint density at radius 2 is 2.11 bits per heavy atom. The summed E-state index contributed by atoms with van der Waals surface area (Å²) in [4.78, 5) is 19.0. The van der Waals surface area contributed by atoms with E-state index >= 15 is 0 Å². The first-order valence-corrected chi connectivity index (χ1v) is 10.2. The van der Waals surface area contributed by atoms with E-state index < -0.39 is 0 Å². The topological polar surface area (TPSA) is 66.0 Å². The van der Waals surface area contributed by atoms with Crippen molar-refractivity contribution in [2.45, 2.75) is 38.7 Å².